The van der Waals surface area contributed by atoms with E-state index in [2.05, 4.69) is 43.3 Å². The summed E-state index contributed by atoms with van der Waals surface area (Å²) in [6.45, 7) is 2.14. The molecule has 0 atom stereocenters. The van der Waals surface area contributed by atoms with Crippen molar-refractivity contribution in [3.8, 4) is 0 Å². The van der Waals surface area contributed by atoms with Gasteiger partial charge in [0, 0.05) is 0 Å². The topological polar surface area (TPSA) is 0 Å². The Morgan fingerprint density at radius 3 is 2.11 bits per heavy atom. The molecule has 0 aromatic heterocycles. The van der Waals surface area contributed by atoms with Crippen molar-refractivity contribution in [2.24, 2.45) is 0 Å². The van der Waals surface area contributed by atoms with Crippen LogP contribution in [0, 0.1) is 6.92 Å². The second-order valence-electron chi connectivity index (χ2n) is 3.64. The summed E-state index contributed by atoms with van der Waals surface area (Å²) in [5.41, 5.74) is 1.36. The first-order chi connectivity index (χ1) is 8.79. The fourth-order valence-electron chi connectivity index (χ4n) is 1.65. The fraction of sp³-hybridized carbons (Fsp3) is 0.0667. The van der Waals surface area contributed by atoms with Gasteiger partial charge in [0.2, 0.25) is 0 Å². The molecule has 0 fully saturated rings. The van der Waals surface area contributed by atoms with Crippen molar-refractivity contribution < 1.29 is 20.8 Å². The Bertz CT molecular complexity index is 509. The standard InChI is InChI=1S/C10H9.C5H5.2ClH.Zr/c1-8-4-2-5-9-6-3-7-10(8)9;1-2-4-5-3-1;;;/h2-7H,1H3;1-5H;2*1H;/q2*-1;;;+4/p-2. The SMILES string of the molecule is Cc1cccc2[cH-]ccc12.[Cl][Zr+2][Cl].c1cc[cH-]c1. The number of aryl methyl sites for hydroxylation is 1. The van der Waals surface area contributed by atoms with E-state index in [1.807, 2.05) is 30.3 Å². The van der Waals surface area contributed by atoms with Gasteiger partial charge in [-0.05, 0) is 6.92 Å². The third-order valence-electron chi connectivity index (χ3n) is 2.45. The normalized spacial score (nSPS) is 8.61. The van der Waals surface area contributed by atoms with Crippen LogP contribution in [-0.4, -0.2) is 0 Å². The number of rotatable bonds is 0. The molecule has 0 unspecified atom stereocenters. The largest absolute Gasteiger partial charge is 0.214 e. The second kappa shape index (κ2) is 9.56. The smallest absolute Gasteiger partial charge is 0.172 e. The van der Waals surface area contributed by atoms with E-state index in [0.29, 0.717) is 0 Å². The van der Waals surface area contributed by atoms with Crippen LogP contribution in [0.1, 0.15) is 5.56 Å². The van der Waals surface area contributed by atoms with Gasteiger partial charge in [-0.15, -0.1) is 29.0 Å². The molecule has 0 saturated heterocycles. The van der Waals surface area contributed by atoms with Crippen LogP contribution in [0.2, 0.25) is 0 Å². The van der Waals surface area contributed by atoms with E-state index in [4.69, 9.17) is 17.0 Å². The Morgan fingerprint density at radius 1 is 0.944 bits per heavy atom. The molecule has 0 spiro atoms. The van der Waals surface area contributed by atoms with E-state index >= 15 is 0 Å². The van der Waals surface area contributed by atoms with Crippen molar-refractivity contribution in [1.29, 1.82) is 0 Å². The van der Waals surface area contributed by atoms with Crippen molar-refractivity contribution in [2.45, 2.75) is 6.92 Å². The molecule has 3 rings (SSSR count). The van der Waals surface area contributed by atoms with Gasteiger partial charge in [-0.2, -0.15) is 30.3 Å². The first kappa shape index (κ1) is 15.7. The van der Waals surface area contributed by atoms with Crippen LogP contribution >= 0.6 is 17.0 Å². The van der Waals surface area contributed by atoms with E-state index < -0.39 is 20.8 Å². The van der Waals surface area contributed by atoms with E-state index in [-0.39, 0.29) is 0 Å². The fourth-order valence-corrected chi connectivity index (χ4v) is 1.65. The molecule has 0 radical (unpaired) electrons. The zero-order valence-corrected chi connectivity index (χ0v) is 14.1. The number of benzene rings is 1. The molecule has 3 heteroatoms. The van der Waals surface area contributed by atoms with Gasteiger partial charge in [-0.3, -0.25) is 0 Å². The van der Waals surface area contributed by atoms with Crippen molar-refractivity contribution in [1.82, 2.24) is 0 Å². The number of hydrogen-bond donors (Lipinski definition) is 0. The van der Waals surface area contributed by atoms with E-state index in [1.165, 1.54) is 16.3 Å². The maximum atomic E-state index is 4.93. The van der Waals surface area contributed by atoms with Gasteiger partial charge < -0.3 is 0 Å². The molecule has 0 N–H and O–H groups in total. The van der Waals surface area contributed by atoms with Gasteiger partial charge in [-0.25, -0.2) is 12.1 Å². The van der Waals surface area contributed by atoms with Crippen molar-refractivity contribution in [3.05, 3.63) is 72.3 Å². The van der Waals surface area contributed by atoms with Gasteiger partial charge in [0.05, 0.1) is 0 Å². The van der Waals surface area contributed by atoms with Gasteiger partial charge in [0.15, 0.2) is 0 Å². The van der Waals surface area contributed by atoms with E-state index in [0.717, 1.165) is 0 Å². The molecule has 0 saturated carbocycles. The van der Waals surface area contributed by atoms with Gasteiger partial charge >= 0.3 is 37.9 Å². The molecule has 0 aliphatic carbocycles. The Kier molecular flexibility index (Phi) is 8.34. The molecule has 0 bridgehead atoms. The molecule has 3 aromatic rings. The minimum Gasteiger partial charge on any atom is -0.214 e. The predicted molar refractivity (Wildman–Crippen MR) is 78.0 cm³/mol. The summed E-state index contributed by atoms with van der Waals surface area (Å²) in [5.74, 6) is 0. The number of fused-ring (bicyclic) bond motifs is 1. The average Bonchev–Trinajstić information content (AvgIpc) is 3.05. The van der Waals surface area contributed by atoms with Crippen molar-refractivity contribution in [2.75, 3.05) is 0 Å². The molecule has 18 heavy (non-hydrogen) atoms. The van der Waals surface area contributed by atoms with Crippen LogP contribution in [0.5, 0.6) is 0 Å². The summed E-state index contributed by atoms with van der Waals surface area (Å²) in [5, 5.41) is 2.72. The minimum absolute atomic E-state index is 0.826. The Balaban J connectivity index is 0.000000170. The Morgan fingerprint density at radius 2 is 1.61 bits per heavy atom. The van der Waals surface area contributed by atoms with E-state index in [1.54, 1.807) is 0 Å². The monoisotopic (exact) mass is 354 g/mol. The molecular weight excluding hydrogens is 342 g/mol. The zero-order chi connectivity index (χ0) is 13.2. The molecule has 0 heterocycles. The third kappa shape index (κ3) is 5.52. The minimum atomic E-state index is -0.826. The molecule has 0 aliphatic heterocycles. The summed E-state index contributed by atoms with van der Waals surface area (Å²) in [7, 11) is 9.87. The average molecular weight is 356 g/mol. The molecule has 92 valence electrons. The van der Waals surface area contributed by atoms with Crippen LogP contribution in [0.4, 0.5) is 0 Å². The van der Waals surface area contributed by atoms with Crippen LogP contribution in [0.25, 0.3) is 10.8 Å². The number of halogens is 2. The Hall–Kier alpha value is -0.357. The zero-order valence-electron chi connectivity index (χ0n) is 10.1. The van der Waals surface area contributed by atoms with Crippen LogP contribution < -0.4 is 0 Å². The van der Waals surface area contributed by atoms with Crippen LogP contribution in [0.15, 0.2) is 66.7 Å². The quantitative estimate of drug-likeness (QED) is 0.457. The van der Waals surface area contributed by atoms with Gasteiger partial charge in [-0.1, -0.05) is 11.6 Å². The van der Waals surface area contributed by atoms with E-state index in [9.17, 15) is 0 Å². The van der Waals surface area contributed by atoms with Crippen LogP contribution in [0.3, 0.4) is 0 Å². The van der Waals surface area contributed by atoms with Crippen LogP contribution in [-0.2, 0) is 20.8 Å². The summed E-state index contributed by atoms with van der Waals surface area (Å²) in [6, 6.07) is 22.8. The molecule has 0 nitrogen and oxygen atoms in total. The van der Waals surface area contributed by atoms with Crippen molar-refractivity contribution >= 4 is 27.8 Å². The van der Waals surface area contributed by atoms with Gasteiger partial charge in [0.1, 0.15) is 0 Å². The molecule has 0 aliphatic rings. The first-order valence-electron chi connectivity index (χ1n) is 5.53. The number of hydrogen-bond acceptors (Lipinski definition) is 0. The predicted octanol–water partition coefficient (Wildman–Crippen LogP) is 5.65. The maximum absolute atomic E-state index is 4.93. The second-order valence-corrected chi connectivity index (χ2v) is 7.37. The molecule has 3 aromatic carbocycles. The van der Waals surface area contributed by atoms with Gasteiger partial charge in [0.25, 0.3) is 0 Å². The molecular formula is C15H14Cl2Zr. The molecule has 0 amide bonds. The summed E-state index contributed by atoms with van der Waals surface area (Å²) in [4.78, 5) is 0. The third-order valence-corrected chi connectivity index (χ3v) is 2.45. The Labute approximate surface area is 127 Å². The first-order valence-corrected chi connectivity index (χ1v) is 11.9. The van der Waals surface area contributed by atoms with Crippen molar-refractivity contribution in [3.63, 3.8) is 0 Å². The summed E-state index contributed by atoms with van der Waals surface area (Å²) >= 11 is -0.826. The summed E-state index contributed by atoms with van der Waals surface area (Å²) in [6.07, 6.45) is 0. The maximum Gasteiger partial charge on any atom is -0.172 e. The summed E-state index contributed by atoms with van der Waals surface area (Å²) < 4.78 is 0.